The topological polar surface area (TPSA) is 134 Å². The summed E-state index contributed by atoms with van der Waals surface area (Å²) < 4.78 is 0. The highest BCUT2D eigenvalue weighted by Crippen LogP contribution is 2.29. The van der Waals surface area contributed by atoms with Gasteiger partial charge in [0.05, 0.1) is 21.6 Å². The molecule has 0 radical (unpaired) electrons. The largest absolute Gasteiger partial charge is 0.325 e. The maximum absolute atomic E-state index is 10.8. The number of hydrogen-bond donors (Lipinski definition) is 2. The molecule has 0 atom stereocenters. The predicted octanol–water partition coefficient (Wildman–Crippen LogP) is 1.59. The van der Waals surface area contributed by atoms with Crippen molar-refractivity contribution in [1.82, 2.24) is 0 Å². The Morgan fingerprint density at radius 2 is 1.42 bits per heavy atom. The van der Waals surface area contributed by atoms with Crippen LogP contribution in [0.2, 0.25) is 0 Å². The van der Waals surface area contributed by atoms with Crippen molar-refractivity contribution in [2.45, 2.75) is 5.92 Å². The summed E-state index contributed by atoms with van der Waals surface area (Å²) >= 11 is 0. The lowest BCUT2D eigenvalue weighted by molar-refractivity contribution is -0.450. The second kappa shape index (κ2) is 6.02. The first-order valence-electron chi connectivity index (χ1n) is 4.95. The van der Waals surface area contributed by atoms with E-state index in [1.165, 1.54) is 12.1 Å². The molecule has 0 amide bonds. The third-order valence-electron chi connectivity index (χ3n) is 2.33. The fraction of sp³-hybridized carbons (Fsp3) is 0.0909. The van der Waals surface area contributed by atoms with Crippen LogP contribution in [0.4, 0.5) is 0 Å². The van der Waals surface area contributed by atoms with E-state index in [1.807, 2.05) is 0 Å². The van der Waals surface area contributed by atoms with E-state index >= 15 is 0 Å². The molecular weight excluding hydrogens is 252 g/mol. The molecule has 0 fully saturated rings. The minimum absolute atomic E-state index is 0.223. The first-order valence-corrected chi connectivity index (χ1v) is 4.95. The minimum Gasteiger partial charge on any atom is -0.258 e. The molecule has 0 spiro atoms. The summed E-state index contributed by atoms with van der Waals surface area (Å²) in [7, 11) is 0. The van der Waals surface area contributed by atoms with E-state index in [0.29, 0.717) is 0 Å². The first-order chi connectivity index (χ1) is 9.02. The summed E-state index contributed by atoms with van der Waals surface area (Å²) in [6.45, 7) is 0. The van der Waals surface area contributed by atoms with Crippen LogP contribution >= 0.6 is 0 Å². The molecular formula is C11H8N4O4. The van der Waals surface area contributed by atoms with Gasteiger partial charge in [-0.2, -0.15) is 0 Å². The summed E-state index contributed by atoms with van der Waals surface area (Å²) in [5.41, 5.74) is -1.39. The van der Waals surface area contributed by atoms with Gasteiger partial charge in [0.1, 0.15) is 0 Å². The van der Waals surface area contributed by atoms with Crippen LogP contribution in [-0.4, -0.2) is 21.6 Å². The fourth-order valence-electron chi connectivity index (χ4n) is 1.54. The highest BCUT2D eigenvalue weighted by Gasteiger charge is 2.38. The fourth-order valence-corrected chi connectivity index (χ4v) is 1.54. The number of nitrogens with zero attached hydrogens (tertiary/aromatic N) is 2. The average molecular weight is 260 g/mol. The summed E-state index contributed by atoms with van der Waals surface area (Å²) in [6, 6.07) is 7.61. The quantitative estimate of drug-likeness (QED) is 0.472. The molecule has 8 heteroatoms. The van der Waals surface area contributed by atoms with Crippen LogP contribution in [-0.2, 0) is 0 Å². The second-order valence-electron chi connectivity index (χ2n) is 3.38. The summed E-state index contributed by atoms with van der Waals surface area (Å²) in [4.78, 5) is 19.8. The monoisotopic (exact) mass is 260 g/mol. The standard InChI is InChI=1S/C11H8N4O4/c12-6-9(14(16)17)11(10(7-13)15(18)19)8-4-2-1-3-5-8/h1-5,11-13H. The van der Waals surface area contributed by atoms with Crippen LogP contribution in [0.25, 0.3) is 0 Å². The zero-order valence-corrected chi connectivity index (χ0v) is 9.49. The molecule has 0 saturated heterocycles. The van der Waals surface area contributed by atoms with Crippen LogP contribution in [0.5, 0.6) is 0 Å². The van der Waals surface area contributed by atoms with Crippen molar-refractivity contribution in [1.29, 1.82) is 10.8 Å². The van der Waals surface area contributed by atoms with Crippen molar-refractivity contribution in [2.75, 3.05) is 0 Å². The molecule has 8 nitrogen and oxygen atoms in total. The van der Waals surface area contributed by atoms with E-state index in [9.17, 15) is 20.2 Å². The number of nitro groups is 2. The number of rotatable bonds is 5. The number of hydrogen-bond acceptors (Lipinski definition) is 6. The van der Waals surface area contributed by atoms with Crippen molar-refractivity contribution in [3.05, 3.63) is 67.5 Å². The summed E-state index contributed by atoms with van der Waals surface area (Å²) in [5, 5.41) is 35.6. The van der Waals surface area contributed by atoms with Crippen molar-refractivity contribution >= 4 is 11.7 Å². The van der Waals surface area contributed by atoms with Gasteiger partial charge in [-0.15, -0.1) is 0 Å². The van der Waals surface area contributed by atoms with Crippen LogP contribution in [0.3, 0.4) is 0 Å². The average Bonchev–Trinajstić information content (AvgIpc) is 2.39. The molecule has 1 aromatic carbocycles. The van der Waals surface area contributed by atoms with Gasteiger partial charge in [0.2, 0.25) is 0 Å². The molecule has 0 heterocycles. The van der Waals surface area contributed by atoms with Gasteiger partial charge in [-0.25, -0.2) is 0 Å². The minimum atomic E-state index is -1.46. The van der Waals surface area contributed by atoms with Crippen molar-refractivity contribution < 1.29 is 9.85 Å². The van der Waals surface area contributed by atoms with E-state index in [2.05, 4.69) is 0 Å². The molecule has 0 bridgehead atoms. The van der Waals surface area contributed by atoms with Crippen molar-refractivity contribution in [3.63, 3.8) is 0 Å². The van der Waals surface area contributed by atoms with Gasteiger partial charge in [0, 0.05) is 0 Å². The second-order valence-corrected chi connectivity index (χ2v) is 3.38. The van der Waals surface area contributed by atoms with Gasteiger partial charge in [-0.05, 0) is 5.56 Å². The molecule has 96 valence electrons. The van der Waals surface area contributed by atoms with E-state index in [1.54, 1.807) is 29.9 Å². The third-order valence-corrected chi connectivity index (χ3v) is 2.33. The van der Waals surface area contributed by atoms with Crippen molar-refractivity contribution in [2.24, 2.45) is 0 Å². The first kappa shape index (κ1) is 14.0. The Hall–Kier alpha value is -3.08. The zero-order chi connectivity index (χ0) is 14.4. The Morgan fingerprint density at radius 3 is 1.74 bits per heavy atom. The SMILES string of the molecule is N=C=C(C(C(=C=N)[N+](=O)[O-])c1ccccc1)[N+](=O)[O-]. The highest BCUT2D eigenvalue weighted by molar-refractivity contribution is 5.63. The van der Waals surface area contributed by atoms with E-state index < -0.39 is 27.2 Å². The highest BCUT2D eigenvalue weighted by atomic mass is 16.6. The Labute approximate surface area is 107 Å². The lowest BCUT2D eigenvalue weighted by Crippen LogP contribution is -2.18. The predicted molar refractivity (Wildman–Crippen MR) is 65.7 cm³/mol. The van der Waals surface area contributed by atoms with E-state index in [4.69, 9.17) is 10.8 Å². The molecule has 0 unspecified atom stereocenters. The van der Waals surface area contributed by atoms with E-state index in [-0.39, 0.29) is 5.56 Å². The van der Waals surface area contributed by atoms with Crippen molar-refractivity contribution in [3.8, 4) is 0 Å². The lowest BCUT2D eigenvalue weighted by Gasteiger charge is -2.08. The number of nitrogens with one attached hydrogen (secondary N) is 2. The molecule has 19 heavy (non-hydrogen) atoms. The molecule has 0 saturated carbocycles. The molecule has 0 aromatic heterocycles. The Balaban J connectivity index is 3.52. The van der Waals surface area contributed by atoms with E-state index in [0.717, 1.165) is 0 Å². The maximum atomic E-state index is 10.8. The maximum Gasteiger partial charge on any atom is 0.325 e. The van der Waals surface area contributed by atoms with Crippen LogP contribution in [0.1, 0.15) is 11.5 Å². The third kappa shape index (κ3) is 2.98. The van der Waals surface area contributed by atoms with Gasteiger partial charge >= 0.3 is 11.4 Å². The van der Waals surface area contributed by atoms with Gasteiger partial charge in [0.25, 0.3) is 0 Å². The molecule has 1 aromatic rings. The molecule has 2 N–H and O–H groups in total. The Bertz CT molecular complexity index is 577. The zero-order valence-electron chi connectivity index (χ0n) is 9.49. The Morgan fingerprint density at radius 1 is 1.00 bits per heavy atom. The smallest absolute Gasteiger partial charge is 0.258 e. The van der Waals surface area contributed by atoms with Gasteiger partial charge in [0.15, 0.2) is 5.92 Å². The number of benzene rings is 1. The van der Waals surface area contributed by atoms with Gasteiger partial charge in [-0.3, -0.25) is 31.0 Å². The molecule has 0 aliphatic rings. The van der Waals surface area contributed by atoms with Gasteiger partial charge < -0.3 is 0 Å². The summed E-state index contributed by atoms with van der Waals surface area (Å²) in [5.74, 6) is 1.72. The van der Waals surface area contributed by atoms with Gasteiger partial charge in [-0.1, -0.05) is 30.3 Å². The lowest BCUT2D eigenvalue weighted by atomic mass is 9.93. The van der Waals surface area contributed by atoms with Crippen LogP contribution < -0.4 is 0 Å². The molecule has 1 rings (SSSR count). The van der Waals surface area contributed by atoms with Crippen LogP contribution in [0.15, 0.2) is 41.7 Å². The Kier molecular flexibility index (Phi) is 4.43. The molecule has 0 aliphatic carbocycles. The normalized spacial score (nSPS) is 10.7. The van der Waals surface area contributed by atoms with Crippen LogP contribution in [0, 0.1) is 31.0 Å². The molecule has 0 aliphatic heterocycles. The summed E-state index contributed by atoms with van der Waals surface area (Å²) in [6.07, 6.45) is 0.